The molecule has 2 aromatic heterocycles. The van der Waals surface area contributed by atoms with E-state index in [1.807, 2.05) is 13.0 Å². The molecule has 0 saturated carbocycles. The SMILES string of the molecule is Cc1nc(C(=O)N2CCC(Oc3nccnc3C#N)C2)cs1. The zero-order chi connectivity index (χ0) is 15.5. The fourth-order valence-corrected chi connectivity index (χ4v) is 2.87. The van der Waals surface area contributed by atoms with E-state index >= 15 is 0 Å². The summed E-state index contributed by atoms with van der Waals surface area (Å²) in [7, 11) is 0. The Bertz CT molecular complexity index is 739. The third-order valence-electron chi connectivity index (χ3n) is 3.32. The monoisotopic (exact) mass is 315 g/mol. The van der Waals surface area contributed by atoms with Crippen molar-refractivity contribution in [2.45, 2.75) is 19.4 Å². The fourth-order valence-electron chi connectivity index (χ4n) is 2.28. The lowest BCUT2D eigenvalue weighted by Gasteiger charge is -2.16. The third-order valence-corrected chi connectivity index (χ3v) is 4.09. The van der Waals surface area contributed by atoms with E-state index in [0.717, 1.165) is 5.01 Å². The van der Waals surface area contributed by atoms with E-state index in [1.165, 1.54) is 23.7 Å². The van der Waals surface area contributed by atoms with Crippen molar-refractivity contribution in [3.05, 3.63) is 34.2 Å². The molecule has 1 atom stereocenters. The summed E-state index contributed by atoms with van der Waals surface area (Å²) < 4.78 is 5.71. The molecule has 0 radical (unpaired) electrons. The van der Waals surface area contributed by atoms with Crippen molar-refractivity contribution >= 4 is 17.2 Å². The molecule has 1 amide bonds. The number of carbonyl (C=O) groups excluding carboxylic acids is 1. The predicted molar refractivity (Wildman–Crippen MR) is 78.5 cm³/mol. The Hall–Kier alpha value is -2.53. The summed E-state index contributed by atoms with van der Waals surface area (Å²) in [6.45, 7) is 2.92. The Morgan fingerprint density at radius 1 is 1.50 bits per heavy atom. The van der Waals surface area contributed by atoms with E-state index in [1.54, 1.807) is 10.3 Å². The first-order chi connectivity index (χ1) is 10.7. The second kappa shape index (κ2) is 6.07. The Morgan fingerprint density at radius 2 is 2.32 bits per heavy atom. The van der Waals surface area contributed by atoms with Gasteiger partial charge >= 0.3 is 0 Å². The van der Waals surface area contributed by atoms with Gasteiger partial charge in [0.05, 0.1) is 11.6 Å². The highest BCUT2D eigenvalue weighted by Crippen LogP contribution is 2.20. The number of hydrogen-bond acceptors (Lipinski definition) is 7. The van der Waals surface area contributed by atoms with Crippen LogP contribution in [-0.4, -0.2) is 45.0 Å². The molecule has 0 N–H and O–H groups in total. The lowest BCUT2D eigenvalue weighted by molar-refractivity contribution is 0.0766. The van der Waals surface area contributed by atoms with E-state index in [9.17, 15) is 4.79 Å². The summed E-state index contributed by atoms with van der Waals surface area (Å²) in [4.78, 5) is 26.2. The fraction of sp³-hybridized carbons (Fsp3) is 0.357. The maximum absolute atomic E-state index is 12.3. The molecule has 7 nitrogen and oxygen atoms in total. The molecule has 1 unspecified atom stereocenters. The van der Waals surface area contributed by atoms with Crippen molar-refractivity contribution in [2.24, 2.45) is 0 Å². The highest BCUT2D eigenvalue weighted by molar-refractivity contribution is 7.09. The van der Waals surface area contributed by atoms with Gasteiger partial charge in [-0.1, -0.05) is 0 Å². The summed E-state index contributed by atoms with van der Waals surface area (Å²) in [6, 6.07) is 1.94. The van der Waals surface area contributed by atoms with Gasteiger partial charge in [-0.3, -0.25) is 4.79 Å². The van der Waals surface area contributed by atoms with Gasteiger partial charge in [0.25, 0.3) is 11.8 Å². The molecule has 112 valence electrons. The molecule has 0 spiro atoms. The van der Waals surface area contributed by atoms with Crippen molar-refractivity contribution in [1.82, 2.24) is 19.9 Å². The molecule has 22 heavy (non-hydrogen) atoms. The smallest absolute Gasteiger partial charge is 0.273 e. The molecular weight excluding hydrogens is 302 g/mol. The summed E-state index contributed by atoms with van der Waals surface area (Å²) in [6.07, 6.45) is 3.43. The van der Waals surface area contributed by atoms with Crippen molar-refractivity contribution in [1.29, 1.82) is 5.26 Å². The number of carbonyl (C=O) groups is 1. The van der Waals surface area contributed by atoms with Crippen LogP contribution in [0, 0.1) is 18.3 Å². The Morgan fingerprint density at radius 3 is 3.05 bits per heavy atom. The first-order valence-electron chi connectivity index (χ1n) is 6.76. The van der Waals surface area contributed by atoms with Gasteiger partial charge in [-0.15, -0.1) is 11.3 Å². The molecule has 1 saturated heterocycles. The lowest BCUT2D eigenvalue weighted by atomic mass is 10.3. The number of aromatic nitrogens is 3. The van der Waals surface area contributed by atoms with Gasteiger partial charge in [0.1, 0.15) is 17.9 Å². The third kappa shape index (κ3) is 2.89. The molecule has 0 aliphatic carbocycles. The molecule has 8 heteroatoms. The first-order valence-corrected chi connectivity index (χ1v) is 7.64. The number of aryl methyl sites for hydroxylation is 1. The Balaban J connectivity index is 1.65. The van der Waals surface area contributed by atoms with Crippen molar-refractivity contribution in [2.75, 3.05) is 13.1 Å². The largest absolute Gasteiger partial charge is 0.470 e. The van der Waals surface area contributed by atoms with Gasteiger partial charge in [0.15, 0.2) is 0 Å². The predicted octanol–water partition coefficient (Wildman–Crippen LogP) is 1.41. The number of hydrogen-bond donors (Lipinski definition) is 0. The number of amides is 1. The maximum Gasteiger partial charge on any atom is 0.273 e. The van der Waals surface area contributed by atoms with Gasteiger partial charge in [0.2, 0.25) is 5.69 Å². The second-order valence-electron chi connectivity index (χ2n) is 4.85. The van der Waals surface area contributed by atoms with Gasteiger partial charge in [-0.05, 0) is 6.92 Å². The van der Waals surface area contributed by atoms with E-state index in [-0.39, 0.29) is 23.6 Å². The van der Waals surface area contributed by atoms with Crippen LogP contribution in [0.5, 0.6) is 5.88 Å². The van der Waals surface area contributed by atoms with Crippen molar-refractivity contribution < 1.29 is 9.53 Å². The number of nitriles is 1. The molecule has 1 aliphatic heterocycles. The van der Waals surface area contributed by atoms with Crippen LogP contribution >= 0.6 is 11.3 Å². The summed E-state index contributed by atoms with van der Waals surface area (Å²) in [5.74, 6) is 0.129. The van der Waals surface area contributed by atoms with E-state index in [0.29, 0.717) is 25.2 Å². The van der Waals surface area contributed by atoms with E-state index in [4.69, 9.17) is 10.00 Å². The highest BCUT2D eigenvalue weighted by atomic mass is 32.1. The average molecular weight is 315 g/mol. The quantitative estimate of drug-likeness (QED) is 0.850. The lowest BCUT2D eigenvalue weighted by Crippen LogP contribution is -2.31. The van der Waals surface area contributed by atoms with Gasteiger partial charge in [-0.2, -0.15) is 5.26 Å². The Labute approximate surface area is 131 Å². The number of thiazole rings is 1. The van der Waals surface area contributed by atoms with Crippen LogP contribution < -0.4 is 4.74 Å². The minimum atomic E-state index is -0.188. The number of ether oxygens (including phenoxy) is 1. The van der Waals surface area contributed by atoms with Crippen LogP contribution in [0.25, 0.3) is 0 Å². The average Bonchev–Trinajstić information content (AvgIpc) is 3.16. The van der Waals surface area contributed by atoms with E-state index in [2.05, 4.69) is 15.0 Å². The highest BCUT2D eigenvalue weighted by Gasteiger charge is 2.30. The molecule has 0 bridgehead atoms. The van der Waals surface area contributed by atoms with Crippen LogP contribution in [0.15, 0.2) is 17.8 Å². The van der Waals surface area contributed by atoms with Gasteiger partial charge < -0.3 is 9.64 Å². The summed E-state index contributed by atoms with van der Waals surface area (Å²) in [5, 5.41) is 11.6. The molecule has 2 aromatic rings. The van der Waals surface area contributed by atoms with Crippen LogP contribution in [-0.2, 0) is 0 Å². The molecular formula is C14H13N5O2S. The molecule has 1 aliphatic rings. The first kappa shape index (κ1) is 14.4. The topological polar surface area (TPSA) is 92.0 Å². The number of rotatable bonds is 3. The molecule has 3 rings (SSSR count). The van der Waals surface area contributed by atoms with Crippen molar-refractivity contribution in [3.8, 4) is 11.9 Å². The van der Waals surface area contributed by atoms with Gasteiger partial charge in [0, 0.05) is 30.7 Å². The van der Waals surface area contributed by atoms with Crippen LogP contribution in [0.1, 0.15) is 27.6 Å². The standard InChI is InChI=1S/C14H13N5O2S/c1-9-18-12(8-22-9)14(20)19-5-2-10(7-19)21-13-11(6-15)16-3-4-17-13/h3-4,8,10H,2,5,7H2,1H3. The minimum Gasteiger partial charge on any atom is -0.470 e. The summed E-state index contributed by atoms with van der Waals surface area (Å²) >= 11 is 1.46. The number of nitrogens with zero attached hydrogens (tertiary/aromatic N) is 5. The van der Waals surface area contributed by atoms with Crippen LogP contribution in [0.4, 0.5) is 0 Å². The van der Waals surface area contributed by atoms with Gasteiger partial charge in [-0.25, -0.2) is 15.0 Å². The van der Waals surface area contributed by atoms with E-state index < -0.39 is 0 Å². The number of likely N-dealkylation sites (tertiary alicyclic amines) is 1. The normalized spacial score (nSPS) is 17.3. The Kier molecular flexibility index (Phi) is 3.98. The molecule has 3 heterocycles. The van der Waals surface area contributed by atoms with Crippen LogP contribution in [0.3, 0.4) is 0 Å². The minimum absolute atomic E-state index is 0.0879. The summed E-state index contributed by atoms with van der Waals surface area (Å²) in [5.41, 5.74) is 0.628. The zero-order valence-corrected chi connectivity index (χ0v) is 12.7. The zero-order valence-electron chi connectivity index (χ0n) is 11.9. The maximum atomic E-state index is 12.3. The molecule has 1 fully saturated rings. The second-order valence-corrected chi connectivity index (χ2v) is 5.92. The molecule has 0 aromatic carbocycles. The van der Waals surface area contributed by atoms with Crippen molar-refractivity contribution in [3.63, 3.8) is 0 Å². The van der Waals surface area contributed by atoms with Crippen LogP contribution in [0.2, 0.25) is 0 Å².